The number of nitrogens with one attached hydrogen (secondary N) is 1. The van der Waals surface area contributed by atoms with E-state index in [-0.39, 0.29) is 12.8 Å². The molecule has 0 aliphatic carbocycles. The van der Waals surface area contributed by atoms with Crippen molar-refractivity contribution < 1.29 is 18.0 Å². The molecule has 1 unspecified atom stereocenters. The number of carbonyl (C=O) groups is 1. The summed E-state index contributed by atoms with van der Waals surface area (Å²) in [6, 6.07) is -1.75. The van der Waals surface area contributed by atoms with E-state index in [1.54, 1.807) is 6.08 Å². The Morgan fingerprint density at radius 1 is 1.00 bits per heavy atom. The van der Waals surface area contributed by atoms with Gasteiger partial charge in [-0.05, 0) is 25.7 Å². The zero-order valence-electron chi connectivity index (χ0n) is 11.1. The van der Waals surface area contributed by atoms with Gasteiger partial charge in [-0.25, -0.2) is 0 Å². The van der Waals surface area contributed by atoms with Crippen LogP contribution < -0.4 is 5.32 Å². The molecule has 1 rings (SSSR count). The van der Waals surface area contributed by atoms with Crippen LogP contribution in [0.15, 0.2) is 12.2 Å². The minimum Gasteiger partial charge on any atom is -0.344 e. The zero-order chi connectivity index (χ0) is 14.1. The van der Waals surface area contributed by atoms with Crippen molar-refractivity contribution in [2.45, 2.75) is 70.0 Å². The normalized spacial score (nSPS) is 26.3. The standard InChI is InChI=1S/C14H22F3NO/c15-14(16,17)12-10-8-6-4-2-1-3-5-7-9-11-13(19)18-12/h6,8,12H,1-5,7,9-11H2,(H,18,19)/b8-6+. The Bertz CT molecular complexity index is 300. The van der Waals surface area contributed by atoms with Crippen molar-refractivity contribution >= 4 is 5.91 Å². The lowest BCUT2D eigenvalue weighted by molar-refractivity contribution is -0.161. The quantitative estimate of drug-likeness (QED) is 0.663. The minimum atomic E-state index is -4.38. The first kappa shape index (κ1) is 16.1. The molecule has 1 N–H and O–H groups in total. The fourth-order valence-corrected chi connectivity index (χ4v) is 2.15. The smallest absolute Gasteiger partial charge is 0.344 e. The molecule has 1 heterocycles. The molecule has 0 aromatic heterocycles. The Morgan fingerprint density at radius 3 is 2.32 bits per heavy atom. The van der Waals surface area contributed by atoms with Gasteiger partial charge in [0.15, 0.2) is 0 Å². The van der Waals surface area contributed by atoms with Gasteiger partial charge >= 0.3 is 6.18 Å². The fraction of sp³-hybridized carbons (Fsp3) is 0.786. The molecule has 1 aliphatic rings. The molecule has 0 aromatic carbocycles. The van der Waals surface area contributed by atoms with Crippen molar-refractivity contribution in [3.63, 3.8) is 0 Å². The lowest BCUT2D eigenvalue weighted by Gasteiger charge is -2.20. The molecular formula is C14H22F3NO. The highest BCUT2D eigenvalue weighted by Gasteiger charge is 2.39. The molecule has 0 fully saturated rings. The summed E-state index contributed by atoms with van der Waals surface area (Å²) in [5, 5.41) is 2.10. The monoisotopic (exact) mass is 277 g/mol. The van der Waals surface area contributed by atoms with Gasteiger partial charge in [-0.15, -0.1) is 0 Å². The van der Waals surface area contributed by atoms with Gasteiger partial charge in [0.25, 0.3) is 0 Å². The van der Waals surface area contributed by atoms with Crippen LogP contribution in [-0.4, -0.2) is 18.1 Å². The Kier molecular flexibility index (Phi) is 6.95. The second kappa shape index (κ2) is 8.23. The maximum absolute atomic E-state index is 12.7. The summed E-state index contributed by atoms with van der Waals surface area (Å²) in [5.41, 5.74) is 0. The van der Waals surface area contributed by atoms with Crippen molar-refractivity contribution in [1.82, 2.24) is 5.32 Å². The maximum atomic E-state index is 12.7. The molecule has 0 radical (unpaired) electrons. The van der Waals surface area contributed by atoms with Crippen molar-refractivity contribution in [3.8, 4) is 0 Å². The molecular weight excluding hydrogens is 255 g/mol. The van der Waals surface area contributed by atoms with Crippen LogP contribution in [0.3, 0.4) is 0 Å². The first-order valence-electron chi connectivity index (χ1n) is 7.01. The van der Waals surface area contributed by atoms with Crippen LogP contribution in [0.2, 0.25) is 0 Å². The average Bonchev–Trinajstić information content (AvgIpc) is 2.32. The Hall–Kier alpha value is -1.00. The van der Waals surface area contributed by atoms with E-state index in [9.17, 15) is 18.0 Å². The maximum Gasteiger partial charge on any atom is 0.408 e. The number of rotatable bonds is 0. The number of alkyl halides is 3. The predicted octanol–water partition coefficient (Wildman–Crippen LogP) is 4.11. The van der Waals surface area contributed by atoms with Gasteiger partial charge in [0.05, 0.1) is 0 Å². The van der Waals surface area contributed by atoms with Gasteiger partial charge < -0.3 is 5.32 Å². The SMILES string of the molecule is O=C1CCCCCCCC/C=C/CC(C(F)(F)F)N1. The average molecular weight is 277 g/mol. The first-order chi connectivity index (χ1) is 9.00. The molecule has 0 bridgehead atoms. The lowest BCUT2D eigenvalue weighted by Crippen LogP contribution is -2.45. The van der Waals surface area contributed by atoms with Crippen LogP contribution in [0.5, 0.6) is 0 Å². The molecule has 0 aromatic rings. The molecule has 5 heteroatoms. The van der Waals surface area contributed by atoms with Gasteiger partial charge in [-0.1, -0.05) is 37.8 Å². The van der Waals surface area contributed by atoms with E-state index in [1.807, 2.05) is 0 Å². The number of halogens is 3. The number of allylic oxidation sites excluding steroid dienone is 1. The summed E-state index contributed by atoms with van der Waals surface area (Å²) in [5.74, 6) is -0.493. The van der Waals surface area contributed by atoms with Gasteiger partial charge in [0, 0.05) is 6.42 Å². The highest BCUT2D eigenvalue weighted by molar-refractivity contribution is 5.76. The lowest BCUT2D eigenvalue weighted by atomic mass is 10.1. The zero-order valence-corrected chi connectivity index (χ0v) is 11.1. The van der Waals surface area contributed by atoms with Gasteiger partial charge in [0.1, 0.15) is 6.04 Å². The van der Waals surface area contributed by atoms with E-state index in [0.717, 1.165) is 38.5 Å². The third-order valence-corrected chi connectivity index (χ3v) is 3.29. The molecule has 1 amide bonds. The largest absolute Gasteiger partial charge is 0.408 e. The molecule has 0 saturated carbocycles. The summed E-state index contributed by atoms with van der Waals surface area (Å²) in [6.45, 7) is 0. The van der Waals surface area contributed by atoms with E-state index in [0.29, 0.717) is 6.42 Å². The number of carbonyl (C=O) groups excluding carboxylic acids is 1. The number of hydrogen-bond acceptors (Lipinski definition) is 1. The van der Waals surface area contributed by atoms with E-state index in [2.05, 4.69) is 5.32 Å². The highest BCUT2D eigenvalue weighted by Crippen LogP contribution is 2.23. The molecule has 19 heavy (non-hydrogen) atoms. The van der Waals surface area contributed by atoms with Crippen molar-refractivity contribution in [2.75, 3.05) is 0 Å². The first-order valence-corrected chi connectivity index (χ1v) is 7.01. The Balaban J connectivity index is 2.58. The summed E-state index contributed by atoms with van der Waals surface area (Å²) >= 11 is 0. The van der Waals surface area contributed by atoms with Crippen molar-refractivity contribution in [3.05, 3.63) is 12.2 Å². The second-order valence-corrected chi connectivity index (χ2v) is 5.03. The Morgan fingerprint density at radius 2 is 1.63 bits per heavy atom. The molecule has 2 nitrogen and oxygen atoms in total. The summed E-state index contributed by atoms with van der Waals surface area (Å²) < 4.78 is 38.2. The van der Waals surface area contributed by atoms with Gasteiger partial charge in [-0.2, -0.15) is 13.2 Å². The van der Waals surface area contributed by atoms with E-state index in [1.165, 1.54) is 6.08 Å². The van der Waals surface area contributed by atoms with Crippen molar-refractivity contribution in [2.24, 2.45) is 0 Å². The van der Waals surface area contributed by atoms with Crippen LogP contribution in [0, 0.1) is 0 Å². The van der Waals surface area contributed by atoms with E-state index < -0.39 is 18.1 Å². The van der Waals surface area contributed by atoms with E-state index in [4.69, 9.17) is 0 Å². The topological polar surface area (TPSA) is 29.1 Å². The summed E-state index contributed by atoms with van der Waals surface area (Å²) in [6.07, 6.45) is 5.70. The third kappa shape index (κ3) is 7.23. The molecule has 0 saturated heterocycles. The van der Waals surface area contributed by atoms with Gasteiger partial charge in [-0.3, -0.25) is 4.79 Å². The summed E-state index contributed by atoms with van der Waals surface area (Å²) in [4.78, 5) is 11.5. The van der Waals surface area contributed by atoms with E-state index >= 15 is 0 Å². The minimum absolute atomic E-state index is 0.171. The van der Waals surface area contributed by atoms with Gasteiger partial charge in [0.2, 0.25) is 5.91 Å². The third-order valence-electron chi connectivity index (χ3n) is 3.29. The Labute approximate surface area is 112 Å². The predicted molar refractivity (Wildman–Crippen MR) is 68.7 cm³/mol. The second-order valence-electron chi connectivity index (χ2n) is 5.03. The van der Waals surface area contributed by atoms with Crippen molar-refractivity contribution in [1.29, 1.82) is 0 Å². The van der Waals surface area contributed by atoms with Crippen LogP contribution >= 0.6 is 0 Å². The molecule has 0 spiro atoms. The van der Waals surface area contributed by atoms with Crippen LogP contribution in [0.4, 0.5) is 13.2 Å². The van der Waals surface area contributed by atoms with Crippen LogP contribution in [0.1, 0.15) is 57.8 Å². The highest BCUT2D eigenvalue weighted by atomic mass is 19.4. The molecule has 1 atom stereocenters. The fourth-order valence-electron chi connectivity index (χ4n) is 2.15. The number of amides is 1. The number of hydrogen-bond donors (Lipinski definition) is 1. The summed E-state index contributed by atoms with van der Waals surface area (Å²) in [7, 11) is 0. The molecule has 1 aliphatic heterocycles. The van der Waals surface area contributed by atoms with Crippen LogP contribution in [-0.2, 0) is 4.79 Å². The van der Waals surface area contributed by atoms with Crippen LogP contribution in [0.25, 0.3) is 0 Å². The molecule has 110 valence electrons.